The van der Waals surface area contributed by atoms with Crippen molar-refractivity contribution in [3.63, 3.8) is 0 Å². The highest BCUT2D eigenvalue weighted by Gasteiger charge is 2.15. The first kappa shape index (κ1) is 12.5. The number of hydrogen-bond acceptors (Lipinski definition) is 7. The fourth-order valence-corrected chi connectivity index (χ4v) is 1.57. The molecule has 2 heterocycles. The number of nitrogens with two attached hydrogens (primary N) is 1. The van der Waals surface area contributed by atoms with Crippen molar-refractivity contribution < 1.29 is 9.32 Å². The van der Waals surface area contributed by atoms with E-state index in [1.54, 1.807) is 13.0 Å². The SMILES string of the molecule is Cc1noc(NC(=O)c2cc(Br)cnc2NN)n1. The molecule has 8 nitrogen and oxygen atoms in total. The summed E-state index contributed by atoms with van der Waals surface area (Å²) in [6.07, 6.45) is 1.52. The van der Waals surface area contributed by atoms with E-state index < -0.39 is 5.91 Å². The van der Waals surface area contributed by atoms with Crippen molar-refractivity contribution in [2.75, 3.05) is 10.7 Å². The van der Waals surface area contributed by atoms with Crippen molar-refractivity contribution in [1.82, 2.24) is 15.1 Å². The lowest BCUT2D eigenvalue weighted by Gasteiger charge is -2.06. The summed E-state index contributed by atoms with van der Waals surface area (Å²) in [5, 5.41) is 6.00. The summed E-state index contributed by atoms with van der Waals surface area (Å²) >= 11 is 3.22. The first-order valence-electron chi connectivity index (χ1n) is 4.84. The highest BCUT2D eigenvalue weighted by molar-refractivity contribution is 9.10. The Morgan fingerprint density at radius 3 is 2.94 bits per heavy atom. The molecule has 2 aromatic heterocycles. The van der Waals surface area contributed by atoms with Crippen molar-refractivity contribution in [2.24, 2.45) is 5.84 Å². The number of halogens is 1. The van der Waals surface area contributed by atoms with Gasteiger partial charge in [0.05, 0.1) is 5.56 Å². The number of anilines is 2. The number of amides is 1. The highest BCUT2D eigenvalue weighted by atomic mass is 79.9. The highest BCUT2D eigenvalue weighted by Crippen LogP contribution is 2.18. The van der Waals surface area contributed by atoms with Gasteiger partial charge in [-0.2, -0.15) is 4.98 Å². The molecule has 0 radical (unpaired) electrons. The number of rotatable bonds is 3. The van der Waals surface area contributed by atoms with Gasteiger partial charge in [-0.15, -0.1) is 0 Å². The lowest BCUT2D eigenvalue weighted by Crippen LogP contribution is -2.18. The molecule has 0 bridgehead atoms. The minimum atomic E-state index is -0.458. The van der Waals surface area contributed by atoms with Gasteiger partial charge in [0.1, 0.15) is 0 Å². The minimum absolute atomic E-state index is 0.0143. The number of hydrogen-bond donors (Lipinski definition) is 3. The van der Waals surface area contributed by atoms with Crippen LogP contribution >= 0.6 is 15.9 Å². The number of carbonyl (C=O) groups is 1. The largest absolute Gasteiger partial charge is 0.328 e. The van der Waals surface area contributed by atoms with Crippen molar-refractivity contribution in [2.45, 2.75) is 6.92 Å². The maximum Gasteiger partial charge on any atom is 0.328 e. The fourth-order valence-electron chi connectivity index (χ4n) is 1.24. The molecule has 0 unspecified atom stereocenters. The third kappa shape index (κ3) is 2.63. The second kappa shape index (κ2) is 5.10. The van der Waals surface area contributed by atoms with E-state index in [1.165, 1.54) is 6.20 Å². The number of pyridine rings is 1. The summed E-state index contributed by atoms with van der Waals surface area (Å²) in [6, 6.07) is 1.58. The number of nitrogens with one attached hydrogen (secondary N) is 2. The number of nitrogen functional groups attached to an aromatic ring is 1. The second-order valence-electron chi connectivity index (χ2n) is 3.29. The van der Waals surface area contributed by atoms with Gasteiger partial charge in [-0.1, -0.05) is 5.16 Å². The summed E-state index contributed by atoms with van der Waals surface area (Å²) < 4.78 is 5.43. The Kier molecular flexibility index (Phi) is 3.53. The van der Waals surface area contributed by atoms with E-state index in [2.05, 4.69) is 41.8 Å². The van der Waals surface area contributed by atoms with Crippen LogP contribution < -0.4 is 16.6 Å². The topological polar surface area (TPSA) is 119 Å². The van der Waals surface area contributed by atoms with Gasteiger partial charge in [-0.3, -0.25) is 10.1 Å². The lowest BCUT2D eigenvalue weighted by atomic mass is 10.2. The lowest BCUT2D eigenvalue weighted by molar-refractivity contribution is 0.102. The quantitative estimate of drug-likeness (QED) is 0.573. The molecule has 0 aliphatic heterocycles. The summed E-state index contributed by atoms with van der Waals surface area (Å²) in [6.45, 7) is 1.65. The molecular weight excluding hydrogens is 304 g/mol. The molecule has 1 amide bonds. The summed E-state index contributed by atoms with van der Waals surface area (Å²) in [5.41, 5.74) is 2.59. The molecule has 4 N–H and O–H groups in total. The molecule has 0 aromatic carbocycles. The van der Waals surface area contributed by atoms with E-state index in [4.69, 9.17) is 10.4 Å². The average molecular weight is 313 g/mol. The van der Waals surface area contributed by atoms with E-state index in [0.717, 1.165) is 0 Å². The molecule has 9 heteroatoms. The molecule has 0 aliphatic carbocycles. The molecule has 0 aliphatic rings. The Morgan fingerprint density at radius 2 is 2.33 bits per heavy atom. The van der Waals surface area contributed by atoms with E-state index >= 15 is 0 Å². The van der Waals surface area contributed by atoms with Crippen LogP contribution in [-0.4, -0.2) is 21.0 Å². The van der Waals surface area contributed by atoms with Crippen molar-refractivity contribution in [1.29, 1.82) is 0 Å². The molecule has 18 heavy (non-hydrogen) atoms. The minimum Gasteiger partial charge on any atom is -0.315 e. The molecule has 0 spiro atoms. The van der Waals surface area contributed by atoms with Crippen LogP contribution in [0.5, 0.6) is 0 Å². The summed E-state index contributed by atoms with van der Waals surface area (Å²) in [7, 11) is 0. The van der Waals surface area contributed by atoms with Gasteiger partial charge in [-0.05, 0) is 28.9 Å². The number of nitrogens with zero attached hydrogens (tertiary/aromatic N) is 3. The van der Waals surface area contributed by atoms with Gasteiger partial charge in [0, 0.05) is 10.7 Å². The number of aryl methyl sites for hydroxylation is 1. The van der Waals surface area contributed by atoms with Crippen molar-refractivity contribution in [3.8, 4) is 0 Å². The molecule has 0 saturated heterocycles. The molecule has 2 rings (SSSR count). The monoisotopic (exact) mass is 312 g/mol. The molecule has 0 saturated carbocycles. The number of carbonyl (C=O) groups excluding carboxylic acids is 1. The Bertz CT molecular complexity index is 584. The van der Waals surface area contributed by atoms with Crippen LogP contribution in [0.1, 0.15) is 16.2 Å². The Hall–Kier alpha value is -2.00. The Balaban J connectivity index is 2.25. The zero-order valence-corrected chi connectivity index (χ0v) is 10.9. The first-order valence-corrected chi connectivity index (χ1v) is 5.63. The first-order chi connectivity index (χ1) is 8.60. The van der Waals surface area contributed by atoms with Crippen LogP contribution in [0.15, 0.2) is 21.3 Å². The zero-order chi connectivity index (χ0) is 13.1. The van der Waals surface area contributed by atoms with E-state index in [-0.39, 0.29) is 17.4 Å². The van der Waals surface area contributed by atoms with Crippen LogP contribution in [-0.2, 0) is 0 Å². The predicted octanol–water partition coefficient (Wildman–Crippen LogP) is 1.07. The summed E-state index contributed by atoms with van der Waals surface area (Å²) in [4.78, 5) is 19.8. The van der Waals surface area contributed by atoms with Crippen LogP contribution in [0.2, 0.25) is 0 Å². The standard InChI is InChI=1S/C9H9BrN6O2/c1-4-13-9(18-16-4)14-8(17)6-2-5(10)3-12-7(6)15-11/h2-3H,11H2,1H3,(H,12,15)(H,13,14,16,17). The smallest absolute Gasteiger partial charge is 0.315 e. The van der Waals surface area contributed by atoms with Crippen LogP contribution in [0.4, 0.5) is 11.8 Å². The maximum absolute atomic E-state index is 12.0. The van der Waals surface area contributed by atoms with Gasteiger partial charge in [-0.25, -0.2) is 10.8 Å². The second-order valence-corrected chi connectivity index (χ2v) is 4.21. The normalized spacial score (nSPS) is 10.2. The van der Waals surface area contributed by atoms with Crippen LogP contribution in [0.3, 0.4) is 0 Å². The van der Waals surface area contributed by atoms with Gasteiger partial charge < -0.3 is 9.95 Å². The Morgan fingerprint density at radius 1 is 1.56 bits per heavy atom. The third-order valence-electron chi connectivity index (χ3n) is 1.98. The zero-order valence-electron chi connectivity index (χ0n) is 9.27. The van der Waals surface area contributed by atoms with E-state index in [1.807, 2.05) is 0 Å². The summed E-state index contributed by atoms with van der Waals surface area (Å²) in [5.74, 6) is 5.49. The third-order valence-corrected chi connectivity index (χ3v) is 2.42. The van der Waals surface area contributed by atoms with Crippen molar-refractivity contribution >= 4 is 33.7 Å². The number of hydrazine groups is 1. The molecule has 0 fully saturated rings. The van der Waals surface area contributed by atoms with Gasteiger partial charge in [0.15, 0.2) is 11.6 Å². The van der Waals surface area contributed by atoms with Crippen LogP contribution in [0, 0.1) is 6.92 Å². The van der Waals surface area contributed by atoms with Gasteiger partial charge >= 0.3 is 6.01 Å². The maximum atomic E-state index is 12.0. The molecule has 94 valence electrons. The van der Waals surface area contributed by atoms with E-state index in [0.29, 0.717) is 10.3 Å². The molecular formula is C9H9BrN6O2. The van der Waals surface area contributed by atoms with Gasteiger partial charge in [0.25, 0.3) is 5.91 Å². The molecule has 0 atom stereocenters. The fraction of sp³-hybridized carbons (Fsp3) is 0.111. The van der Waals surface area contributed by atoms with Crippen LogP contribution in [0.25, 0.3) is 0 Å². The van der Waals surface area contributed by atoms with Gasteiger partial charge in [0.2, 0.25) is 0 Å². The Labute approximate surface area is 110 Å². The number of aromatic nitrogens is 3. The average Bonchev–Trinajstić information content (AvgIpc) is 2.74. The van der Waals surface area contributed by atoms with Crippen molar-refractivity contribution in [3.05, 3.63) is 28.1 Å². The molecule has 2 aromatic rings. The van der Waals surface area contributed by atoms with E-state index in [9.17, 15) is 4.79 Å². The predicted molar refractivity (Wildman–Crippen MR) is 66.7 cm³/mol.